The molecule has 9 heteroatoms. The van der Waals surface area contributed by atoms with Gasteiger partial charge < -0.3 is 30.6 Å². The molecule has 30 heavy (non-hydrogen) atoms. The zero-order valence-electron chi connectivity index (χ0n) is 17.6. The number of carboxylic acid groups (broad SMARTS) is 1. The second-order valence-electron chi connectivity index (χ2n) is 6.93. The predicted octanol–water partition coefficient (Wildman–Crippen LogP) is 1.79. The standard InChI is InChI=1S/C10H8FNO.C6H14N2.C4H9NO.CH2O2/c1-7-2-3-8(9(11)4-7)10-5-12-6-13-10;1-7-4-2-6-3-5-8-6;6-4-1-2-5-3-4;2-1-3/h2-6H,1H3;6-8H,2-5H2,1H3;4-6H,1-3H2;1H,(H,2,3). The van der Waals surface area contributed by atoms with Crippen LogP contribution in [0, 0.1) is 12.7 Å². The van der Waals surface area contributed by atoms with Crippen molar-refractivity contribution in [3.8, 4) is 11.3 Å². The van der Waals surface area contributed by atoms with Gasteiger partial charge in [0, 0.05) is 12.6 Å². The van der Waals surface area contributed by atoms with Crippen molar-refractivity contribution in [2.75, 3.05) is 33.2 Å². The Hall–Kier alpha value is -2.33. The fraction of sp³-hybridized carbons (Fsp3) is 0.524. The van der Waals surface area contributed by atoms with Crippen molar-refractivity contribution in [3.63, 3.8) is 0 Å². The minimum absolute atomic E-state index is 0.0648. The molecule has 4 rings (SSSR count). The van der Waals surface area contributed by atoms with Crippen LogP contribution in [0.4, 0.5) is 4.39 Å². The number of benzene rings is 1. The highest BCUT2D eigenvalue weighted by atomic mass is 19.1. The largest absolute Gasteiger partial charge is 0.483 e. The van der Waals surface area contributed by atoms with Gasteiger partial charge in [0.05, 0.1) is 17.9 Å². The minimum atomic E-state index is -0.281. The van der Waals surface area contributed by atoms with E-state index in [1.807, 2.05) is 20.0 Å². The van der Waals surface area contributed by atoms with Gasteiger partial charge in [-0.3, -0.25) is 4.79 Å². The van der Waals surface area contributed by atoms with Gasteiger partial charge in [-0.2, -0.15) is 0 Å². The Morgan fingerprint density at radius 3 is 2.50 bits per heavy atom. The van der Waals surface area contributed by atoms with Gasteiger partial charge in [-0.1, -0.05) is 6.07 Å². The Balaban J connectivity index is 0.000000227. The number of rotatable bonds is 4. The van der Waals surface area contributed by atoms with Crippen LogP contribution in [0.25, 0.3) is 11.3 Å². The summed E-state index contributed by atoms with van der Waals surface area (Å²) in [4.78, 5) is 12.1. The Kier molecular flexibility index (Phi) is 13.3. The highest BCUT2D eigenvalue weighted by Crippen LogP contribution is 2.22. The summed E-state index contributed by atoms with van der Waals surface area (Å²) in [5, 5.41) is 25.0. The molecule has 1 aromatic heterocycles. The van der Waals surface area contributed by atoms with E-state index in [0.717, 1.165) is 37.7 Å². The lowest BCUT2D eigenvalue weighted by molar-refractivity contribution is -0.122. The van der Waals surface area contributed by atoms with Crippen molar-refractivity contribution in [2.45, 2.75) is 38.3 Å². The number of halogens is 1. The third-order valence-corrected chi connectivity index (χ3v) is 4.53. The van der Waals surface area contributed by atoms with Gasteiger partial charge >= 0.3 is 0 Å². The van der Waals surface area contributed by atoms with Crippen LogP contribution in [-0.2, 0) is 4.79 Å². The molecule has 168 valence electrons. The van der Waals surface area contributed by atoms with Crippen LogP contribution in [0.5, 0.6) is 0 Å². The number of hydrogen-bond acceptors (Lipinski definition) is 7. The van der Waals surface area contributed by atoms with Crippen LogP contribution in [0.2, 0.25) is 0 Å². The molecule has 2 aliphatic rings. The van der Waals surface area contributed by atoms with Gasteiger partial charge in [-0.05, 0) is 70.6 Å². The molecule has 0 aliphatic carbocycles. The number of hydrogen-bond donors (Lipinski definition) is 5. The number of carbonyl (C=O) groups is 1. The van der Waals surface area contributed by atoms with E-state index in [9.17, 15) is 4.39 Å². The molecule has 1 aromatic carbocycles. The average molecular weight is 425 g/mol. The number of oxazole rings is 1. The van der Waals surface area contributed by atoms with Gasteiger partial charge in [0.15, 0.2) is 12.2 Å². The summed E-state index contributed by atoms with van der Waals surface area (Å²) in [6, 6.07) is 5.81. The fourth-order valence-electron chi connectivity index (χ4n) is 2.72. The molecule has 0 bridgehead atoms. The smallest absolute Gasteiger partial charge is 0.290 e. The third kappa shape index (κ3) is 10.4. The number of aliphatic hydroxyl groups excluding tert-OH is 1. The Bertz CT molecular complexity index is 690. The van der Waals surface area contributed by atoms with E-state index < -0.39 is 0 Å². The molecule has 2 atom stereocenters. The van der Waals surface area contributed by atoms with Crippen molar-refractivity contribution in [1.29, 1.82) is 0 Å². The zero-order valence-corrected chi connectivity index (χ0v) is 17.6. The van der Waals surface area contributed by atoms with Crippen molar-refractivity contribution >= 4 is 6.47 Å². The maximum atomic E-state index is 13.3. The molecule has 3 heterocycles. The van der Waals surface area contributed by atoms with Crippen LogP contribution in [-0.4, -0.2) is 67.0 Å². The molecular weight excluding hydrogens is 391 g/mol. The van der Waals surface area contributed by atoms with Crippen molar-refractivity contribution < 1.29 is 23.8 Å². The van der Waals surface area contributed by atoms with Crippen LogP contribution in [0.1, 0.15) is 24.8 Å². The molecule has 2 unspecified atom stereocenters. The fourth-order valence-corrected chi connectivity index (χ4v) is 2.72. The molecule has 0 amide bonds. The van der Waals surface area contributed by atoms with E-state index in [2.05, 4.69) is 20.9 Å². The predicted molar refractivity (Wildman–Crippen MR) is 114 cm³/mol. The molecule has 2 saturated heterocycles. The molecule has 0 radical (unpaired) electrons. The van der Waals surface area contributed by atoms with Crippen molar-refractivity contribution in [2.24, 2.45) is 0 Å². The van der Waals surface area contributed by atoms with E-state index in [4.69, 9.17) is 19.4 Å². The number of nitrogens with zero attached hydrogens (tertiary/aromatic N) is 1. The molecule has 0 spiro atoms. The first kappa shape index (κ1) is 25.7. The van der Waals surface area contributed by atoms with E-state index in [0.29, 0.717) is 11.3 Å². The Morgan fingerprint density at radius 2 is 2.10 bits per heavy atom. The monoisotopic (exact) mass is 424 g/mol. The number of nitrogens with one attached hydrogen (secondary N) is 3. The van der Waals surface area contributed by atoms with Crippen molar-refractivity contribution in [3.05, 3.63) is 42.2 Å². The number of aliphatic hydroxyl groups is 1. The first-order valence-electron chi connectivity index (χ1n) is 10.0. The first-order valence-corrected chi connectivity index (χ1v) is 10.0. The number of aromatic nitrogens is 1. The molecule has 2 aromatic rings. The van der Waals surface area contributed by atoms with Crippen LogP contribution in [0.3, 0.4) is 0 Å². The number of β-amino-alcohol motifs (C(OH)–C–C–N with tert-alkyl or cyclic N) is 1. The topological polar surface area (TPSA) is 120 Å². The summed E-state index contributed by atoms with van der Waals surface area (Å²) in [5.74, 6) is 0.175. The summed E-state index contributed by atoms with van der Waals surface area (Å²) < 4.78 is 18.3. The molecule has 2 fully saturated rings. The van der Waals surface area contributed by atoms with E-state index >= 15 is 0 Å². The molecule has 5 N–H and O–H groups in total. The van der Waals surface area contributed by atoms with Gasteiger partial charge in [-0.25, -0.2) is 9.37 Å². The Labute approximate surface area is 176 Å². The van der Waals surface area contributed by atoms with Gasteiger partial charge in [0.2, 0.25) is 0 Å². The van der Waals surface area contributed by atoms with E-state index in [1.54, 1.807) is 6.07 Å². The maximum Gasteiger partial charge on any atom is 0.290 e. The second kappa shape index (κ2) is 15.5. The lowest BCUT2D eigenvalue weighted by Gasteiger charge is -2.27. The maximum absolute atomic E-state index is 13.3. The lowest BCUT2D eigenvalue weighted by atomic mass is 10.0. The highest BCUT2D eigenvalue weighted by Gasteiger charge is 2.14. The zero-order chi connectivity index (χ0) is 22.2. The van der Waals surface area contributed by atoms with Gasteiger partial charge in [0.1, 0.15) is 5.82 Å². The normalized spacial score (nSPS) is 19.1. The van der Waals surface area contributed by atoms with Crippen LogP contribution >= 0.6 is 0 Å². The van der Waals surface area contributed by atoms with Crippen LogP contribution < -0.4 is 16.0 Å². The van der Waals surface area contributed by atoms with E-state index in [1.165, 1.54) is 38.0 Å². The van der Waals surface area contributed by atoms with Crippen LogP contribution in [0.15, 0.2) is 35.2 Å². The van der Waals surface area contributed by atoms with Gasteiger partial charge in [0.25, 0.3) is 6.47 Å². The molecule has 0 saturated carbocycles. The molecule has 8 nitrogen and oxygen atoms in total. The van der Waals surface area contributed by atoms with Gasteiger partial charge in [-0.15, -0.1) is 0 Å². The first-order chi connectivity index (χ1) is 14.5. The summed E-state index contributed by atoms with van der Waals surface area (Å²) >= 11 is 0. The summed E-state index contributed by atoms with van der Waals surface area (Å²) in [6.45, 7) is 5.75. The number of aryl methyl sites for hydroxylation is 1. The second-order valence-corrected chi connectivity index (χ2v) is 6.93. The lowest BCUT2D eigenvalue weighted by Crippen LogP contribution is -2.44. The molecular formula is C21H33FN4O4. The summed E-state index contributed by atoms with van der Waals surface area (Å²) in [5.41, 5.74) is 1.34. The summed E-state index contributed by atoms with van der Waals surface area (Å²) in [7, 11) is 2.00. The highest BCUT2D eigenvalue weighted by molar-refractivity contribution is 5.57. The third-order valence-electron chi connectivity index (χ3n) is 4.53. The average Bonchev–Trinajstić information content (AvgIpc) is 3.36. The summed E-state index contributed by atoms with van der Waals surface area (Å²) in [6.07, 6.45) is 6.31. The SMILES string of the molecule is CNCCC1CCN1.Cc1ccc(-c2cnco2)c(F)c1.O=CO.OC1CCNC1. The van der Waals surface area contributed by atoms with E-state index in [-0.39, 0.29) is 18.4 Å². The quantitative estimate of drug-likeness (QED) is 0.471. The molecule has 2 aliphatic heterocycles. The Morgan fingerprint density at radius 1 is 1.37 bits per heavy atom. The van der Waals surface area contributed by atoms with Crippen molar-refractivity contribution in [1.82, 2.24) is 20.9 Å². The minimum Gasteiger partial charge on any atom is -0.483 e.